The summed E-state index contributed by atoms with van der Waals surface area (Å²) in [5, 5.41) is 4.98. The molecule has 0 bridgehead atoms. The van der Waals surface area contributed by atoms with Crippen molar-refractivity contribution in [2.24, 2.45) is 0 Å². The first kappa shape index (κ1) is 19.4. The van der Waals surface area contributed by atoms with Crippen LogP contribution in [0.4, 0.5) is 21.5 Å². The van der Waals surface area contributed by atoms with E-state index in [1.165, 1.54) is 37.3 Å². The predicted molar refractivity (Wildman–Crippen MR) is 97.8 cm³/mol. The molecule has 0 atom stereocenters. The quantitative estimate of drug-likeness (QED) is 0.688. The van der Waals surface area contributed by atoms with Crippen LogP contribution in [0.1, 0.15) is 13.3 Å². The zero-order valence-corrected chi connectivity index (χ0v) is 14.8. The molecule has 2 rings (SSSR count). The van der Waals surface area contributed by atoms with Crippen molar-refractivity contribution >= 4 is 38.9 Å². The van der Waals surface area contributed by atoms with Crippen LogP contribution in [0.5, 0.6) is 0 Å². The second kappa shape index (κ2) is 8.43. The smallest absolute Gasteiger partial charge is 0.233 e. The summed E-state index contributed by atoms with van der Waals surface area (Å²) in [7, 11) is -3.77. The lowest BCUT2D eigenvalue weighted by Gasteiger charge is -2.10. The normalized spacial score (nSPS) is 10.8. The number of nitrogens with one attached hydrogen (secondary N) is 3. The lowest BCUT2D eigenvalue weighted by atomic mass is 10.3. The van der Waals surface area contributed by atoms with Crippen molar-refractivity contribution in [3.8, 4) is 0 Å². The Balaban J connectivity index is 1.92. The van der Waals surface area contributed by atoms with E-state index in [0.29, 0.717) is 5.69 Å². The van der Waals surface area contributed by atoms with Gasteiger partial charge in [0, 0.05) is 24.7 Å². The third-order valence-corrected chi connectivity index (χ3v) is 4.45. The van der Waals surface area contributed by atoms with Crippen LogP contribution in [-0.2, 0) is 19.6 Å². The van der Waals surface area contributed by atoms with E-state index in [9.17, 15) is 22.4 Å². The number of sulfonamides is 1. The first-order valence-corrected chi connectivity index (χ1v) is 9.32. The average molecular weight is 379 g/mol. The van der Waals surface area contributed by atoms with Gasteiger partial charge in [0.05, 0.1) is 11.4 Å². The summed E-state index contributed by atoms with van der Waals surface area (Å²) in [6, 6.07) is 11.5. The Labute approximate surface area is 150 Å². The summed E-state index contributed by atoms with van der Waals surface area (Å²) >= 11 is 0. The number of benzene rings is 2. The molecule has 0 fully saturated rings. The first-order chi connectivity index (χ1) is 12.2. The molecule has 3 N–H and O–H groups in total. The van der Waals surface area contributed by atoms with Crippen LogP contribution in [0.2, 0.25) is 0 Å². The SMILES string of the molecule is CC(=O)Nc1cccc(NS(=O)(=O)CCC(=O)Nc2cccc(F)c2)c1. The Hall–Kier alpha value is -2.94. The predicted octanol–water partition coefficient (Wildman–Crippen LogP) is 2.55. The van der Waals surface area contributed by atoms with Gasteiger partial charge >= 0.3 is 0 Å². The van der Waals surface area contributed by atoms with Gasteiger partial charge in [-0.05, 0) is 36.4 Å². The largest absolute Gasteiger partial charge is 0.326 e. The van der Waals surface area contributed by atoms with Crippen LogP contribution in [0, 0.1) is 5.82 Å². The molecular formula is C17H18FN3O4S. The van der Waals surface area contributed by atoms with Crippen LogP contribution in [0.15, 0.2) is 48.5 Å². The Kier molecular flexibility index (Phi) is 6.29. The highest BCUT2D eigenvalue weighted by molar-refractivity contribution is 7.92. The van der Waals surface area contributed by atoms with Crippen molar-refractivity contribution in [1.82, 2.24) is 0 Å². The maximum Gasteiger partial charge on any atom is 0.233 e. The van der Waals surface area contributed by atoms with E-state index >= 15 is 0 Å². The molecule has 9 heteroatoms. The number of hydrogen-bond donors (Lipinski definition) is 3. The Morgan fingerprint density at radius 3 is 2.23 bits per heavy atom. The zero-order chi connectivity index (χ0) is 19.2. The molecule has 0 heterocycles. The van der Waals surface area contributed by atoms with Crippen molar-refractivity contribution in [3.63, 3.8) is 0 Å². The van der Waals surface area contributed by atoms with Crippen molar-refractivity contribution in [2.45, 2.75) is 13.3 Å². The number of halogens is 1. The molecule has 7 nitrogen and oxygen atoms in total. The van der Waals surface area contributed by atoms with E-state index < -0.39 is 27.5 Å². The van der Waals surface area contributed by atoms with E-state index in [0.717, 1.165) is 6.07 Å². The molecule has 0 aromatic heterocycles. The third-order valence-electron chi connectivity index (χ3n) is 3.16. The number of carbonyl (C=O) groups is 2. The molecule has 0 aliphatic heterocycles. The van der Waals surface area contributed by atoms with Gasteiger partial charge in [-0.25, -0.2) is 12.8 Å². The first-order valence-electron chi connectivity index (χ1n) is 7.67. The molecule has 2 amide bonds. The molecular weight excluding hydrogens is 361 g/mol. The Morgan fingerprint density at radius 2 is 1.58 bits per heavy atom. The molecule has 0 aliphatic rings. The second-order valence-corrected chi connectivity index (χ2v) is 7.33. The molecule has 2 aromatic carbocycles. The number of carbonyl (C=O) groups excluding carboxylic acids is 2. The van der Waals surface area contributed by atoms with Gasteiger partial charge in [0.25, 0.3) is 0 Å². The monoisotopic (exact) mass is 379 g/mol. The lowest BCUT2D eigenvalue weighted by molar-refractivity contribution is -0.116. The van der Waals surface area contributed by atoms with Gasteiger partial charge in [-0.15, -0.1) is 0 Å². The third kappa shape index (κ3) is 6.52. The number of hydrogen-bond acceptors (Lipinski definition) is 4. The van der Waals surface area contributed by atoms with Gasteiger partial charge in [-0.1, -0.05) is 12.1 Å². The van der Waals surface area contributed by atoms with Gasteiger partial charge in [0.15, 0.2) is 0 Å². The van der Waals surface area contributed by atoms with E-state index in [1.54, 1.807) is 12.1 Å². The van der Waals surface area contributed by atoms with E-state index in [4.69, 9.17) is 0 Å². The van der Waals surface area contributed by atoms with Crippen LogP contribution < -0.4 is 15.4 Å². The van der Waals surface area contributed by atoms with Gasteiger partial charge in [0.2, 0.25) is 21.8 Å². The summed E-state index contributed by atoms with van der Waals surface area (Å²) in [5.74, 6) is -1.78. The fourth-order valence-electron chi connectivity index (χ4n) is 2.11. The molecule has 0 radical (unpaired) electrons. The molecule has 2 aromatic rings. The minimum absolute atomic E-state index is 0.253. The van der Waals surface area contributed by atoms with E-state index in [1.807, 2.05) is 0 Å². The topological polar surface area (TPSA) is 104 Å². The second-order valence-electron chi connectivity index (χ2n) is 5.49. The molecule has 0 aliphatic carbocycles. The zero-order valence-electron chi connectivity index (χ0n) is 14.0. The summed E-state index contributed by atoms with van der Waals surface area (Å²) in [6.45, 7) is 1.34. The number of anilines is 3. The fourth-order valence-corrected chi connectivity index (χ4v) is 3.15. The highest BCUT2D eigenvalue weighted by Crippen LogP contribution is 2.17. The van der Waals surface area contributed by atoms with Crippen LogP contribution in [0.3, 0.4) is 0 Å². The minimum Gasteiger partial charge on any atom is -0.326 e. The van der Waals surface area contributed by atoms with Crippen molar-refractivity contribution in [3.05, 3.63) is 54.3 Å². The molecule has 0 spiro atoms. The van der Waals surface area contributed by atoms with Crippen LogP contribution in [-0.4, -0.2) is 26.0 Å². The van der Waals surface area contributed by atoms with Gasteiger partial charge in [-0.2, -0.15) is 0 Å². The lowest BCUT2D eigenvalue weighted by Crippen LogP contribution is -2.22. The van der Waals surface area contributed by atoms with Crippen LogP contribution in [0.25, 0.3) is 0 Å². The van der Waals surface area contributed by atoms with Gasteiger partial charge in [-0.3, -0.25) is 14.3 Å². The summed E-state index contributed by atoms with van der Waals surface area (Å²) in [6.07, 6.45) is -0.294. The maximum atomic E-state index is 13.1. The summed E-state index contributed by atoms with van der Waals surface area (Å²) in [5.41, 5.74) is 0.965. The molecule has 26 heavy (non-hydrogen) atoms. The van der Waals surface area contributed by atoms with Gasteiger partial charge in [0.1, 0.15) is 5.82 Å². The van der Waals surface area contributed by atoms with Crippen molar-refractivity contribution < 1.29 is 22.4 Å². The molecule has 138 valence electrons. The average Bonchev–Trinajstić information content (AvgIpc) is 2.52. The Bertz CT molecular complexity index is 916. The van der Waals surface area contributed by atoms with Crippen molar-refractivity contribution in [2.75, 3.05) is 21.1 Å². The summed E-state index contributed by atoms with van der Waals surface area (Å²) < 4.78 is 39.6. The standard InChI is InChI=1S/C17H18FN3O4S/c1-12(22)19-15-6-3-7-16(11-15)21-26(24,25)9-8-17(23)20-14-5-2-4-13(18)10-14/h2-7,10-11,21H,8-9H2,1H3,(H,19,22)(H,20,23). The Morgan fingerprint density at radius 1 is 0.962 bits per heavy atom. The molecule has 0 unspecified atom stereocenters. The highest BCUT2D eigenvalue weighted by Gasteiger charge is 2.14. The van der Waals surface area contributed by atoms with Crippen LogP contribution >= 0.6 is 0 Å². The minimum atomic E-state index is -3.77. The maximum absolute atomic E-state index is 13.1. The summed E-state index contributed by atoms with van der Waals surface area (Å²) in [4.78, 5) is 22.9. The number of amides is 2. The van der Waals surface area contributed by atoms with Crippen molar-refractivity contribution in [1.29, 1.82) is 0 Å². The number of rotatable bonds is 7. The fraction of sp³-hybridized carbons (Fsp3) is 0.176. The molecule has 0 saturated carbocycles. The highest BCUT2D eigenvalue weighted by atomic mass is 32.2. The molecule has 0 saturated heterocycles. The van der Waals surface area contributed by atoms with Gasteiger partial charge < -0.3 is 10.6 Å². The van der Waals surface area contributed by atoms with E-state index in [-0.39, 0.29) is 23.7 Å². The van der Waals surface area contributed by atoms with E-state index in [2.05, 4.69) is 15.4 Å².